The molecule has 0 bridgehead atoms. The Bertz CT molecular complexity index is 830. The van der Waals surface area contributed by atoms with Crippen molar-refractivity contribution in [3.05, 3.63) is 70.7 Å². The average molecular weight is 344 g/mol. The van der Waals surface area contributed by atoms with E-state index < -0.39 is 11.6 Å². The molecule has 3 nitrogen and oxygen atoms in total. The van der Waals surface area contributed by atoms with Crippen LogP contribution in [0.25, 0.3) is 11.1 Å². The Hall–Kier alpha value is -2.60. The molecule has 6 heteroatoms. The Morgan fingerprint density at radius 3 is 2.58 bits per heavy atom. The van der Waals surface area contributed by atoms with Crippen LogP contribution in [0, 0.1) is 11.6 Å². The van der Waals surface area contributed by atoms with Crippen LogP contribution < -0.4 is 5.32 Å². The van der Waals surface area contributed by atoms with Crippen molar-refractivity contribution in [1.29, 1.82) is 0 Å². The first-order valence-electron chi connectivity index (χ1n) is 7.35. The van der Waals surface area contributed by atoms with Crippen molar-refractivity contribution in [2.24, 2.45) is 0 Å². The van der Waals surface area contributed by atoms with Crippen LogP contribution in [0.5, 0.6) is 0 Å². The van der Waals surface area contributed by atoms with Gasteiger partial charge in [-0.3, -0.25) is 9.78 Å². The molecular weight excluding hydrogens is 330 g/mol. The van der Waals surface area contributed by atoms with E-state index in [0.717, 1.165) is 4.88 Å². The van der Waals surface area contributed by atoms with Gasteiger partial charge in [0, 0.05) is 23.2 Å². The molecule has 2 aromatic carbocycles. The number of nitrogens with one attached hydrogen (secondary N) is 1. The molecule has 0 aliphatic rings. The monoisotopic (exact) mass is 344 g/mol. The van der Waals surface area contributed by atoms with Crippen LogP contribution in [-0.4, -0.2) is 10.9 Å². The van der Waals surface area contributed by atoms with E-state index in [4.69, 9.17) is 0 Å². The highest BCUT2D eigenvalue weighted by molar-refractivity contribution is 7.09. The first-order chi connectivity index (χ1) is 11.6. The molecule has 0 radical (unpaired) electrons. The van der Waals surface area contributed by atoms with E-state index in [1.807, 2.05) is 0 Å². The number of benzene rings is 2. The Morgan fingerprint density at radius 2 is 1.88 bits per heavy atom. The molecule has 1 aromatic heterocycles. The summed E-state index contributed by atoms with van der Waals surface area (Å²) in [6.07, 6.45) is 2.66. The zero-order chi connectivity index (χ0) is 16.9. The smallest absolute Gasteiger partial charge is 0.224 e. The fraction of sp³-hybridized carbons (Fsp3) is 0.111. The lowest BCUT2D eigenvalue weighted by Gasteiger charge is -2.09. The number of nitrogens with zero attached hydrogens (tertiary/aromatic N) is 1. The molecule has 0 saturated heterocycles. The largest absolute Gasteiger partial charge is 0.326 e. The predicted molar refractivity (Wildman–Crippen MR) is 90.9 cm³/mol. The first kappa shape index (κ1) is 16.3. The molecule has 0 saturated carbocycles. The van der Waals surface area contributed by atoms with Gasteiger partial charge in [0.05, 0.1) is 11.1 Å². The Labute approximate surface area is 142 Å². The van der Waals surface area contributed by atoms with Gasteiger partial charge in [-0.15, -0.1) is 11.3 Å². The predicted octanol–water partition coefficient (Wildman–Crippen LogP) is 4.66. The van der Waals surface area contributed by atoms with Crippen molar-refractivity contribution < 1.29 is 13.6 Å². The number of hydrogen-bond donors (Lipinski definition) is 1. The van der Waals surface area contributed by atoms with Gasteiger partial charge in [-0.25, -0.2) is 8.78 Å². The summed E-state index contributed by atoms with van der Waals surface area (Å²) in [5.41, 5.74) is 2.51. The van der Waals surface area contributed by atoms with Crippen LogP contribution in [0.4, 0.5) is 14.5 Å². The summed E-state index contributed by atoms with van der Waals surface area (Å²) < 4.78 is 27.8. The lowest BCUT2D eigenvalue weighted by Crippen LogP contribution is -2.12. The van der Waals surface area contributed by atoms with Gasteiger partial charge in [0.15, 0.2) is 0 Å². The molecule has 1 amide bonds. The van der Waals surface area contributed by atoms with Crippen molar-refractivity contribution in [3.63, 3.8) is 0 Å². The maximum atomic E-state index is 13.9. The molecule has 3 rings (SSSR count). The maximum Gasteiger partial charge on any atom is 0.224 e. The zero-order valence-corrected chi connectivity index (χ0v) is 13.4. The number of hydrogen-bond acceptors (Lipinski definition) is 3. The van der Waals surface area contributed by atoms with E-state index in [1.54, 1.807) is 36.0 Å². The van der Waals surface area contributed by atoms with E-state index in [9.17, 15) is 13.6 Å². The standard InChI is InChI=1S/C18H14F2N2OS/c19-15-5-2-6-16(20)18(15)12-3-1-4-13(9-12)22-17(23)8-7-14-10-21-11-24-14/h1-6,9-11H,7-8H2,(H,22,23). The number of carbonyl (C=O) groups excluding carboxylic acids is 1. The van der Waals surface area contributed by atoms with E-state index in [-0.39, 0.29) is 11.5 Å². The average Bonchev–Trinajstić information content (AvgIpc) is 3.07. The fourth-order valence-corrected chi connectivity index (χ4v) is 2.95. The van der Waals surface area contributed by atoms with Gasteiger partial charge >= 0.3 is 0 Å². The Balaban J connectivity index is 1.72. The van der Waals surface area contributed by atoms with Gasteiger partial charge in [0.1, 0.15) is 11.6 Å². The van der Waals surface area contributed by atoms with E-state index in [1.165, 1.54) is 29.5 Å². The Kier molecular flexibility index (Phi) is 4.96. The van der Waals surface area contributed by atoms with Gasteiger partial charge in [0.2, 0.25) is 5.91 Å². The number of anilines is 1. The van der Waals surface area contributed by atoms with Crippen LogP contribution in [0.1, 0.15) is 11.3 Å². The highest BCUT2D eigenvalue weighted by Crippen LogP contribution is 2.28. The van der Waals surface area contributed by atoms with Gasteiger partial charge in [-0.05, 0) is 36.2 Å². The fourth-order valence-electron chi connectivity index (χ4n) is 2.35. The second-order valence-corrected chi connectivity index (χ2v) is 6.16. The summed E-state index contributed by atoms with van der Waals surface area (Å²) in [6, 6.07) is 10.2. The minimum atomic E-state index is -0.635. The Morgan fingerprint density at radius 1 is 1.12 bits per heavy atom. The molecule has 0 aliphatic carbocycles. The molecule has 1 N–H and O–H groups in total. The summed E-state index contributed by atoms with van der Waals surface area (Å²) in [5.74, 6) is -1.43. The highest BCUT2D eigenvalue weighted by atomic mass is 32.1. The van der Waals surface area contributed by atoms with Gasteiger partial charge in [-0.2, -0.15) is 0 Å². The summed E-state index contributed by atoms with van der Waals surface area (Å²) in [4.78, 5) is 17.0. The molecule has 0 unspecified atom stereocenters. The first-order valence-corrected chi connectivity index (χ1v) is 8.23. The zero-order valence-electron chi connectivity index (χ0n) is 12.6. The van der Waals surface area contributed by atoms with Crippen molar-refractivity contribution in [1.82, 2.24) is 4.98 Å². The third kappa shape index (κ3) is 3.83. The van der Waals surface area contributed by atoms with Crippen molar-refractivity contribution in [3.8, 4) is 11.1 Å². The van der Waals surface area contributed by atoms with Crippen LogP contribution in [0.2, 0.25) is 0 Å². The van der Waals surface area contributed by atoms with Crippen LogP contribution >= 0.6 is 11.3 Å². The van der Waals surface area contributed by atoms with Crippen molar-refractivity contribution >= 4 is 22.9 Å². The van der Waals surface area contributed by atoms with Crippen molar-refractivity contribution in [2.75, 3.05) is 5.32 Å². The molecule has 0 atom stereocenters. The number of aryl methyl sites for hydroxylation is 1. The van der Waals surface area contributed by atoms with Gasteiger partial charge in [0.25, 0.3) is 0 Å². The summed E-state index contributed by atoms with van der Waals surface area (Å²) in [6.45, 7) is 0. The second kappa shape index (κ2) is 7.31. The second-order valence-electron chi connectivity index (χ2n) is 5.19. The molecule has 0 spiro atoms. The van der Waals surface area contributed by atoms with Gasteiger partial charge < -0.3 is 5.32 Å². The third-order valence-corrected chi connectivity index (χ3v) is 4.32. The lowest BCUT2D eigenvalue weighted by atomic mass is 10.0. The van der Waals surface area contributed by atoms with Crippen LogP contribution in [-0.2, 0) is 11.2 Å². The van der Waals surface area contributed by atoms with Crippen LogP contribution in [0.3, 0.4) is 0 Å². The number of thiazole rings is 1. The maximum absolute atomic E-state index is 13.9. The SMILES string of the molecule is O=C(CCc1cncs1)Nc1cccc(-c2c(F)cccc2F)c1. The molecule has 0 fully saturated rings. The number of aromatic nitrogens is 1. The number of carbonyl (C=O) groups is 1. The number of amides is 1. The van der Waals surface area contributed by atoms with E-state index in [0.29, 0.717) is 24.1 Å². The minimum Gasteiger partial charge on any atom is -0.326 e. The number of halogens is 2. The summed E-state index contributed by atoms with van der Waals surface area (Å²) in [5, 5.41) is 2.75. The minimum absolute atomic E-state index is 0.0988. The normalized spacial score (nSPS) is 10.6. The quantitative estimate of drug-likeness (QED) is 0.731. The van der Waals surface area contributed by atoms with Crippen molar-refractivity contribution in [2.45, 2.75) is 12.8 Å². The molecule has 122 valence electrons. The molecule has 3 aromatic rings. The summed E-state index contributed by atoms with van der Waals surface area (Å²) in [7, 11) is 0. The molecule has 1 heterocycles. The van der Waals surface area contributed by atoms with Gasteiger partial charge in [-0.1, -0.05) is 18.2 Å². The van der Waals surface area contributed by atoms with Crippen LogP contribution in [0.15, 0.2) is 54.2 Å². The van der Waals surface area contributed by atoms with E-state index in [2.05, 4.69) is 10.3 Å². The molecule has 0 aliphatic heterocycles. The molecule has 24 heavy (non-hydrogen) atoms. The molecular formula is C18H14F2N2OS. The highest BCUT2D eigenvalue weighted by Gasteiger charge is 2.12. The third-order valence-electron chi connectivity index (χ3n) is 3.48. The lowest BCUT2D eigenvalue weighted by molar-refractivity contribution is -0.116. The topological polar surface area (TPSA) is 42.0 Å². The van der Waals surface area contributed by atoms with E-state index >= 15 is 0 Å². The number of rotatable bonds is 5. The summed E-state index contributed by atoms with van der Waals surface area (Å²) >= 11 is 1.50.